The molecule has 0 spiro atoms. The van der Waals surface area contributed by atoms with Crippen LogP contribution in [0.3, 0.4) is 0 Å². The van der Waals surface area contributed by atoms with Gasteiger partial charge in [-0.2, -0.15) is 0 Å². The zero-order valence-electron chi connectivity index (χ0n) is 26.3. The Hall–Kier alpha value is -5.24. The Kier molecular flexibility index (Phi) is 10.0. The van der Waals surface area contributed by atoms with E-state index in [4.69, 9.17) is 23.4 Å². The minimum absolute atomic E-state index is 0.203. The van der Waals surface area contributed by atoms with Gasteiger partial charge in [0.2, 0.25) is 5.75 Å². The molecule has 2 aromatic carbocycles. The number of carbonyl (C=O) groups excluding carboxylic acids is 1. The molecule has 1 aliphatic carbocycles. The first-order valence-corrected chi connectivity index (χ1v) is 14.9. The molecule has 1 aliphatic rings. The number of benzene rings is 2. The number of allylic oxidation sites excluding steroid dienone is 4. The number of pyridine rings is 1. The highest BCUT2D eigenvalue weighted by molar-refractivity contribution is 6.06. The average molecular weight is 607 g/mol. The van der Waals surface area contributed by atoms with Crippen LogP contribution in [0.2, 0.25) is 0 Å². The highest BCUT2D eigenvalue weighted by Crippen LogP contribution is 2.47. The second-order valence-electron chi connectivity index (χ2n) is 10.6. The number of hydrogen-bond acceptors (Lipinski definition) is 8. The largest absolute Gasteiger partial charge is 0.497 e. The lowest BCUT2D eigenvalue weighted by Crippen LogP contribution is -2.13. The van der Waals surface area contributed by atoms with Crippen molar-refractivity contribution < 1.29 is 28.2 Å². The predicted molar refractivity (Wildman–Crippen MR) is 175 cm³/mol. The molecule has 0 atom stereocenters. The summed E-state index contributed by atoms with van der Waals surface area (Å²) in [5, 5.41) is 3.60. The van der Waals surface area contributed by atoms with E-state index < -0.39 is 5.97 Å². The van der Waals surface area contributed by atoms with Crippen molar-refractivity contribution in [3.8, 4) is 23.0 Å². The monoisotopic (exact) mass is 606 g/mol. The molecule has 0 amide bonds. The molecule has 45 heavy (non-hydrogen) atoms. The predicted octanol–water partition coefficient (Wildman–Crippen LogP) is 8.11. The first-order chi connectivity index (χ1) is 21.9. The van der Waals surface area contributed by atoms with Gasteiger partial charge in [0, 0.05) is 24.5 Å². The minimum atomic E-state index is -0.555. The van der Waals surface area contributed by atoms with Gasteiger partial charge in [0.25, 0.3) is 0 Å². The number of ether oxygens (including phenoxy) is 4. The summed E-state index contributed by atoms with van der Waals surface area (Å²) in [5.74, 6) is 2.08. The van der Waals surface area contributed by atoms with Crippen molar-refractivity contribution in [1.82, 2.24) is 10.3 Å². The number of esters is 1. The first-order valence-electron chi connectivity index (χ1n) is 14.9. The minimum Gasteiger partial charge on any atom is -0.497 e. The maximum atomic E-state index is 12.8. The van der Waals surface area contributed by atoms with Crippen molar-refractivity contribution in [3.63, 3.8) is 0 Å². The third-order valence-electron chi connectivity index (χ3n) is 7.70. The highest BCUT2D eigenvalue weighted by atomic mass is 16.6. The molecule has 8 heteroatoms. The molecule has 5 rings (SSSR count). The number of rotatable bonds is 13. The van der Waals surface area contributed by atoms with E-state index in [1.165, 1.54) is 26.0 Å². The summed E-state index contributed by atoms with van der Waals surface area (Å²) in [6, 6.07) is 17.0. The Morgan fingerprint density at radius 3 is 2.42 bits per heavy atom. The Morgan fingerprint density at radius 2 is 1.78 bits per heavy atom. The maximum Gasteiger partial charge on any atom is 0.345 e. The lowest BCUT2D eigenvalue weighted by atomic mass is 9.99. The quantitative estimate of drug-likeness (QED) is 0.121. The second kappa shape index (κ2) is 14.5. The van der Waals surface area contributed by atoms with Gasteiger partial charge in [-0.15, -0.1) is 0 Å². The molecule has 1 N–H and O–H groups in total. The molecule has 0 radical (unpaired) electrons. The van der Waals surface area contributed by atoms with Crippen LogP contribution in [0.1, 0.15) is 65.9 Å². The number of unbranched alkanes of at least 4 members (excludes halogenated alkanes) is 1. The summed E-state index contributed by atoms with van der Waals surface area (Å²) in [5.41, 5.74) is 7.98. The van der Waals surface area contributed by atoms with E-state index in [0.29, 0.717) is 23.6 Å². The van der Waals surface area contributed by atoms with Crippen LogP contribution in [-0.4, -0.2) is 32.3 Å². The molecule has 0 aliphatic heterocycles. The van der Waals surface area contributed by atoms with Gasteiger partial charge in [0.05, 0.1) is 39.7 Å². The number of methoxy groups -OCH3 is 3. The molecular formula is C37H38N2O6. The van der Waals surface area contributed by atoms with E-state index >= 15 is 0 Å². The highest BCUT2D eigenvalue weighted by Gasteiger charge is 2.26. The Morgan fingerprint density at radius 1 is 0.978 bits per heavy atom. The number of furan rings is 1. The van der Waals surface area contributed by atoms with Gasteiger partial charge in [-0.05, 0) is 101 Å². The van der Waals surface area contributed by atoms with Crippen molar-refractivity contribution in [2.45, 2.75) is 39.7 Å². The lowest BCUT2D eigenvalue weighted by Gasteiger charge is -2.15. The van der Waals surface area contributed by atoms with Gasteiger partial charge in [0.15, 0.2) is 11.5 Å². The smallest absolute Gasteiger partial charge is 0.345 e. The number of hydrogen-bond donors (Lipinski definition) is 1. The normalized spacial score (nSPS) is 13.5. The van der Waals surface area contributed by atoms with E-state index in [1.54, 1.807) is 31.7 Å². The van der Waals surface area contributed by atoms with Crippen LogP contribution in [0.25, 0.3) is 17.2 Å². The summed E-state index contributed by atoms with van der Waals surface area (Å²) >= 11 is 0. The topological polar surface area (TPSA) is 92.1 Å². The van der Waals surface area contributed by atoms with Crippen LogP contribution >= 0.6 is 0 Å². The van der Waals surface area contributed by atoms with Gasteiger partial charge in [-0.1, -0.05) is 25.5 Å². The Labute approximate surface area is 264 Å². The standard InChI is InChI=1S/C37H38N2O6/c1-6-7-11-27(39-23-29-12-9-16-44-29)20-32-24(2)31(30-14-13-28(41-3)21-33(30)32)17-25-18-34(42-4)36(35(19-25)43-5)45-37(40)26-10-8-15-38-22-26/h8-19,21-22,39H,6-7,20,23H2,1-5H3/b27-11-,31-17-. The van der Waals surface area contributed by atoms with Crippen LogP contribution in [-0.2, 0) is 6.54 Å². The van der Waals surface area contributed by atoms with Gasteiger partial charge in [-0.3, -0.25) is 4.98 Å². The molecule has 0 saturated heterocycles. The molecular weight excluding hydrogens is 568 g/mol. The molecule has 0 bridgehead atoms. The van der Waals surface area contributed by atoms with Crippen LogP contribution in [0.15, 0.2) is 95.0 Å². The van der Waals surface area contributed by atoms with Gasteiger partial charge in [-0.25, -0.2) is 4.79 Å². The van der Waals surface area contributed by atoms with Crippen LogP contribution in [0.4, 0.5) is 0 Å². The number of nitrogens with zero attached hydrogens (tertiary/aromatic N) is 1. The number of fused-ring (bicyclic) bond motifs is 1. The van der Waals surface area contributed by atoms with Crippen molar-refractivity contribution in [2.24, 2.45) is 0 Å². The zero-order valence-corrected chi connectivity index (χ0v) is 26.3. The van der Waals surface area contributed by atoms with Gasteiger partial charge >= 0.3 is 5.97 Å². The maximum absolute atomic E-state index is 12.8. The second-order valence-corrected chi connectivity index (χ2v) is 10.6. The molecule has 4 aromatic rings. The van der Waals surface area contributed by atoms with Crippen LogP contribution < -0.4 is 24.3 Å². The third kappa shape index (κ3) is 7.12. The summed E-state index contributed by atoms with van der Waals surface area (Å²) in [4.78, 5) is 16.8. The molecule has 2 aromatic heterocycles. The van der Waals surface area contributed by atoms with Crippen LogP contribution in [0, 0.1) is 0 Å². The molecule has 0 saturated carbocycles. The van der Waals surface area contributed by atoms with Gasteiger partial charge < -0.3 is 28.7 Å². The molecule has 2 heterocycles. The molecule has 8 nitrogen and oxygen atoms in total. The Bertz CT molecular complexity index is 1710. The summed E-state index contributed by atoms with van der Waals surface area (Å²) in [7, 11) is 4.75. The van der Waals surface area contributed by atoms with E-state index in [2.05, 4.69) is 48.4 Å². The molecule has 0 unspecified atom stereocenters. The fraction of sp³-hybridized carbons (Fsp3) is 0.243. The third-order valence-corrected chi connectivity index (χ3v) is 7.70. The number of nitrogens with one attached hydrogen (secondary N) is 1. The number of aromatic nitrogens is 1. The van der Waals surface area contributed by atoms with E-state index in [0.717, 1.165) is 64.3 Å². The first kappa shape index (κ1) is 31.2. The van der Waals surface area contributed by atoms with Crippen molar-refractivity contribution >= 4 is 23.2 Å². The van der Waals surface area contributed by atoms with Crippen LogP contribution in [0.5, 0.6) is 23.0 Å². The van der Waals surface area contributed by atoms with E-state index in [-0.39, 0.29) is 5.75 Å². The lowest BCUT2D eigenvalue weighted by molar-refractivity contribution is 0.0724. The zero-order chi connectivity index (χ0) is 31.8. The van der Waals surface area contributed by atoms with Crippen molar-refractivity contribution in [2.75, 3.05) is 21.3 Å². The van der Waals surface area contributed by atoms with E-state index in [9.17, 15) is 4.79 Å². The average Bonchev–Trinajstić information content (AvgIpc) is 3.69. The molecule has 232 valence electrons. The fourth-order valence-corrected chi connectivity index (χ4v) is 5.33. The fourth-order valence-electron chi connectivity index (χ4n) is 5.33. The summed E-state index contributed by atoms with van der Waals surface area (Å²) in [6.07, 6.45) is 11.9. The Balaban J connectivity index is 1.52. The van der Waals surface area contributed by atoms with E-state index in [1.807, 2.05) is 30.3 Å². The summed E-state index contributed by atoms with van der Waals surface area (Å²) < 4.78 is 28.2. The summed E-state index contributed by atoms with van der Waals surface area (Å²) in [6.45, 7) is 4.94. The SMILES string of the molecule is CCC/C=C(/CC1=C(C)/C(=C/c2cc(OC)c(OC(=O)c3cccnc3)c(OC)c2)c2ccc(OC)cc21)NCc1ccco1. The van der Waals surface area contributed by atoms with Crippen molar-refractivity contribution in [1.29, 1.82) is 0 Å². The number of carbonyl (C=O) groups is 1. The molecule has 0 fully saturated rings. The van der Waals surface area contributed by atoms with Gasteiger partial charge in [0.1, 0.15) is 11.5 Å². The van der Waals surface area contributed by atoms with Crippen molar-refractivity contribution in [3.05, 3.63) is 119 Å².